The van der Waals surface area contributed by atoms with E-state index in [2.05, 4.69) is 6.58 Å². The third kappa shape index (κ3) is 2.34. The Balaban J connectivity index is 2.81. The molecule has 0 spiro atoms. The standard InChI is InChI=1S/C7H8Cl2SSi/c1-2-6-11(8,9)7-4-3-5-10-7/h2-5H,1,6H2. The molecule has 0 N–H and O–H groups in total. The van der Waals surface area contributed by atoms with Crippen LogP contribution in [0, 0.1) is 0 Å². The SMILES string of the molecule is C=CC[Si](Cl)(Cl)c1cccs1. The van der Waals surface area contributed by atoms with Crippen molar-refractivity contribution in [1.82, 2.24) is 0 Å². The number of hydrogen-bond donors (Lipinski definition) is 0. The van der Waals surface area contributed by atoms with Crippen molar-refractivity contribution < 1.29 is 0 Å². The summed E-state index contributed by atoms with van der Waals surface area (Å²) >= 11 is 13.9. The monoisotopic (exact) mass is 222 g/mol. The topological polar surface area (TPSA) is 0 Å². The molecule has 1 rings (SSSR count). The molecule has 0 fully saturated rings. The average molecular weight is 223 g/mol. The smallest absolute Gasteiger partial charge is 0.151 e. The summed E-state index contributed by atoms with van der Waals surface area (Å²) in [4.78, 5) is 0. The van der Waals surface area contributed by atoms with Gasteiger partial charge in [-0.1, -0.05) is 12.1 Å². The van der Waals surface area contributed by atoms with Crippen molar-refractivity contribution >= 4 is 44.7 Å². The molecule has 0 aliphatic carbocycles. The van der Waals surface area contributed by atoms with Gasteiger partial charge in [0.25, 0.3) is 6.69 Å². The van der Waals surface area contributed by atoms with E-state index in [4.69, 9.17) is 22.2 Å². The molecular formula is C7H8Cl2SSi. The average Bonchev–Trinajstić information content (AvgIpc) is 2.37. The number of thiophene rings is 1. The Morgan fingerprint density at radius 2 is 2.36 bits per heavy atom. The van der Waals surface area contributed by atoms with Gasteiger partial charge in [0.2, 0.25) is 0 Å². The summed E-state index contributed by atoms with van der Waals surface area (Å²) in [6.07, 6.45) is 1.78. The Morgan fingerprint density at radius 3 is 2.82 bits per heavy atom. The maximum atomic E-state index is 6.15. The van der Waals surface area contributed by atoms with Crippen LogP contribution in [0.1, 0.15) is 0 Å². The van der Waals surface area contributed by atoms with Gasteiger partial charge in [0.05, 0.1) is 0 Å². The second-order valence-corrected chi connectivity index (χ2v) is 10.3. The van der Waals surface area contributed by atoms with Gasteiger partial charge in [0, 0.05) is 4.50 Å². The highest BCUT2D eigenvalue weighted by Crippen LogP contribution is 2.22. The first-order valence-corrected chi connectivity index (χ1v) is 8.30. The molecule has 0 aliphatic heterocycles. The zero-order valence-electron chi connectivity index (χ0n) is 5.89. The van der Waals surface area contributed by atoms with Gasteiger partial charge in [-0.3, -0.25) is 0 Å². The van der Waals surface area contributed by atoms with Crippen molar-refractivity contribution in [2.45, 2.75) is 6.04 Å². The molecule has 0 amide bonds. The van der Waals surface area contributed by atoms with E-state index in [0.717, 1.165) is 10.5 Å². The summed E-state index contributed by atoms with van der Waals surface area (Å²) in [7, 11) is 0. The fraction of sp³-hybridized carbons (Fsp3) is 0.143. The fourth-order valence-electron chi connectivity index (χ4n) is 0.769. The molecule has 0 radical (unpaired) electrons. The lowest BCUT2D eigenvalue weighted by Crippen LogP contribution is -2.32. The predicted molar refractivity (Wildman–Crippen MR) is 56.4 cm³/mol. The molecule has 0 aromatic carbocycles. The molecule has 60 valence electrons. The first-order valence-electron chi connectivity index (χ1n) is 3.19. The van der Waals surface area contributed by atoms with Crippen molar-refractivity contribution in [2.75, 3.05) is 0 Å². The summed E-state index contributed by atoms with van der Waals surface area (Å²) in [5.41, 5.74) is 0. The second-order valence-electron chi connectivity index (χ2n) is 2.17. The van der Waals surface area contributed by atoms with E-state index in [0.29, 0.717) is 0 Å². The van der Waals surface area contributed by atoms with Crippen LogP contribution in [0.3, 0.4) is 0 Å². The maximum absolute atomic E-state index is 6.15. The number of halogens is 2. The molecular weight excluding hydrogens is 215 g/mol. The Kier molecular flexibility index (Phi) is 3.19. The highest BCUT2D eigenvalue weighted by atomic mass is 35.7. The molecule has 1 aromatic rings. The molecule has 0 bridgehead atoms. The quantitative estimate of drug-likeness (QED) is 0.419. The van der Waals surface area contributed by atoms with Gasteiger partial charge in [-0.05, 0) is 17.5 Å². The second kappa shape index (κ2) is 3.76. The van der Waals surface area contributed by atoms with Gasteiger partial charge < -0.3 is 0 Å². The van der Waals surface area contributed by atoms with Crippen LogP contribution in [0.4, 0.5) is 0 Å². The van der Waals surface area contributed by atoms with Crippen molar-refractivity contribution in [2.24, 2.45) is 0 Å². The first-order chi connectivity index (χ1) is 5.17. The van der Waals surface area contributed by atoms with E-state index in [-0.39, 0.29) is 0 Å². The van der Waals surface area contributed by atoms with Gasteiger partial charge in [-0.25, -0.2) is 0 Å². The van der Waals surface area contributed by atoms with Crippen molar-refractivity contribution in [3.05, 3.63) is 30.2 Å². The molecule has 0 saturated carbocycles. The van der Waals surface area contributed by atoms with Gasteiger partial charge in [0.1, 0.15) is 0 Å². The van der Waals surface area contributed by atoms with E-state index in [9.17, 15) is 0 Å². The molecule has 0 atom stereocenters. The Bertz CT molecular complexity index is 231. The highest BCUT2D eigenvalue weighted by molar-refractivity contribution is 7.56. The van der Waals surface area contributed by atoms with Gasteiger partial charge in [-0.15, -0.1) is 28.7 Å². The van der Waals surface area contributed by atoms with Crippen LogP contribution < -0.4 is 4.50 Å². The predicted octanol–water partition coefficient (Wildman–Crippen LogP) is 3.06. The first kappa shape index (κ1) is 9.33. The lowest BCUT2D eigenvalue weighted by molar-refractivity contribution is 1.70. The molecule has 4 heteroatoms. The largest absolute Gasteiger partial charge is 0.293 e. The van der Waals surface area contributed by atoms with E-state index in [1.807, 2.05) is 17.5 Å². The molecule has 11 heavy (non-hydrogen) atoms. The minimum atomic E-state index is -2.18. The summed E-state index contributed by atoms with van der Waals surface area (Å²) in [5, 5.41) is 1.99. The molecule has 1 heterocycles. The van der Waals surface area contributed by atoms with E-state index in [1.165, 1.54) is 0 Å². The van der Waals surface area contributed by atoms with Crippen molar-refractivity contribution in [3.63, 3.8) is 0 Å². The number of rotatable bonds is 3. The van der Waals surface area contributed by atoms with Gasteiger partial charge in [0.15, 0.2) is 0 Å². The molecule has 0 saturated heterocycles. The van der Waals surface area contributed by atoms with Crippen molar-refractivity contribution in [1.29, 1.82) is 0 Å². The van der Waals surface area contributed by atoms with Crippen LogP contribution in [0.5, 0.6) is 0 Å². The number of hydrogen-bond acceptors (Lipinski definition) is 1. The lowest BCUT2D eigenvalue weighted by atomic mass is 10.7. The fourth-order valence-corrected chi connectivity index (χ4v) is 5.11. The van der Waals surface area contributed by atoms with Crippen LogP contribution in [0.25, 0.3) is 0 Å². The number of allylic oxidation sites excluding steroid dienone is 1. The molecule has 1 aromatic heterocycles. The third-order valence-corrected chi connectivity index (χ3v) is 7.87. The van der Waals surface area contributed by atoms with Crippen LogP contribution in [0.2, 0.25) is 6.04 Å². The summed E-state index contributed by atoms with van der Waals surface area (Å²) in [6, 6.07) is 4.67. The van der Waals surface area contributed by atoms with Crippen LogP contribution in [-0.2, 0) is 0 Å². The van der Waals surface area contributed by atoms with E-state index >= 15 is 0 Å². The summed E-state index contributed by atoms with van der Waals surface area (Å²) in [6.45, 7) is 1.44. The lowest BCUT2D eigenvalue weighted by Gasteiger charge is -2.10. The van der Waals surface area contributed by atoms with Gasteiger partial charge >= 0.3 is 0 Å². The summed E-state index contributed by atoms with van der Waals surface area (Å²) in [5.74, 6) is 0. The minimum absolute atomic E-state index is 0.719. The van der Waals surface area contributed by atoms with Crippen LogP contribution >= 0.6 is 33.5 Å². The summed E-state index contributed by atoms with van der Waals surface area (Å²) < 4.78 is 1.11. The van der Waals surface area contributed by atoms with E-state index in [1.54, 1.807) is 17.4 Å². The minimum Gasteiger partial charge on any atom is -0.151 e. The Labute approximate surface area is 80.9 Å². The third-order valence-electron chi connectivity index (χ3n) is 1.28. The highest BCUT2D eigenvalue weighted by Gasteiger charge is 2.30. The van der Waals surface area contributed by atoms with E-state index < -0.39 is 6.69 Å². The molecule has 0 aliphatic rings. The van der Waals surface area contributed by atoms with Gasteiger partial charge in [-0.2, -0.15) is 11.3 Å². The van der Waals surface area contributed by atoms with Crippen LogP contribution in [0.15, 0.2) is 30.2 Å². The zero-order valence-corrected chi connectivity index (χ0v) is 9.22. The molecule has 0 unspecified atom stereocenters. The Hall–Kier alpha value is 0.237. The normalized spacial score (nSPS) is 11.5. The maximum Gasteiger partial charge on any atom is 0.293 e. The molecule has 0 nitrogen and oxygen atoms in total. The van der Waals surface area contributed by atoms with Crippen LogP contribution in [-0.4, -0.2) is 6.69 Å². The van der Waals surface area contributed by atoms with Crippen molar-refractivity contribution in [3.8, 4) is 0 Å². The zero-order chi connectivity index (χ0) is 8.32. The Morgan fingerprint density at radius 1 is 1.64 bits per heavy atom.